The van der Waals surface area contributed by atoms with Crippen molar-refractivity contribution in [2.75, 3.05) is 0 Å². The molecule has 0 radical (unpaired) electrons. The Morgan fingerprint density at radius 2 is 1.69 bits per heavy atom. The summed E-state index contributed by atoms with van der Waals surface area (Å²) >= 11 is 0. The van der Waals surface area contributed by atoms with Crippen LogP contribution in [-0.4, -0.2) is 0 Å². The zero-order valence-electron chi connectivity index (χ0n) is 10.3. The van der Waals surface area contributed by atoms with Crippen molar-refractivity contribution in [2.24, 2.45) is 17.1 Å². The van der Waals surface area contributed by atoms with E-state index in [1.807, 2.05) is 12.1 Å². The zero-order chi connectivity index (χ0) is 12.0. The molecular weight excluding hydrogens is 201 g/mol. The second-order valence-electron chi connectivity index (χ2n) is 6.13. The summed E-state index contributed by atoms with van der Waals surface area (Å²) < 4.78 is 12.8. The number of halogens is 1. The van der Waals surface area contributed by atoms with Crippen LogP contribution in [0.15, 0.2) is 24.3 Å². The quantitative estimate of drug-likeness (QED) is 0.772. The summed E-state index contributed by atoms with van der Waals surface area (Å²) in [7, 11) is 0. The predicted molar refractivity (Wildman–Crippen MR) is 64.4 cm³/mol. The number of hydrogen-bond acceptors (Lipinski definition) is 1. The molecule has 1 saturated carbocycles. The van der Waals surface area contributed by atoms with Crippen molar-refractivity contribution >= 4 is 0 Å². The van der Waals surface area contributed by atoms with E-state index in [2.05, 4.69) is 20.8 Å². The average molecular weight is 221 g/mol. The third kappa shape index (κ3) is 1.99. The van der Waals surface area contributed by atoms with E-state index in [-0.39, 0.29) is 11.4 Å². The van der Waals surface area contributed by atoms with Gasteiger partial charge in [-0.15, -0.1) is 0 Å². The van der Waals surface area contributed by atoms with Gasteiger partial charge in [0.1, 0.15) is 5.82 Å². The molecule has 0 spiro atoms. The van der Waals surface area contributed by atoms with E-state index in [4.69, 9.17) is 5.73 Å². The van der Waals surface area contributed by atoms with Crippen molar-refractivity contribution in [3.05, 3.63) is 35.6 Å². The molecular formula is C14H20FN. The van der Waals surface area contributed by atoms with Crippen LogP contribution < -0.4 is 5.73 Å². The Bertz CT molecular complexity index is 369. The summed E-state index contributed by atoms with van der Waals surface area (Å²) in [6.45, 7) is 6.76. The van der Waals surface area contributed by atoms with Crippen LogP contribution in [0.3, 0.4) is 0 Å². The molecule has 0 atom stereocenters. The molecule has 88 valence electrons. The second-order valence-corrected chi connectivity index (χ2v) is 6.13. The van der Waals surface area contributed by atoms with Crippen molar-refractivity contribution in [1.82, 2.24) is 0 Å². The molecule has 2 heteroatoms. The Labute approximate surface area is 96.9 Å². The fraction of sp³-hybridized carbons (Fsp3) is 0.571. The van der Waals surface area contributed by atoms with Gasteiger partial charge in [0.25, 0.3) is 0 Å². The lowest BCUT2D eigenvalue weighted by atomic mass is 9.57. The van der Waals surface area contributed by atoms with Gasteiger partial charge in [-0.2, -0.15) is 0 Å². The average Bonchev–Trinajstić information content (AvgIpc) is 2.12. The highest BCUT2D eigenvalue weighted by molar-refractivity contribution is 5.28. The SMILES string of the molecule is CC(C)(C)C1CC(N)(c2ccc(F)cc2)C1. The largest absolute Gasteiger partial charge is 0.321 e. The van der Waals surface area contributed by atoms with E-state index < -0.39 is 0 Å². The number of nitrogens with two attached hydrogens (primary N) is 1. The van der Waals surface area contributed by atoms with E-state index in [1.165, 1.54) is 12.1 Å². The fourth-order valence-electron chi connectivity index (χ4n) is 2.45. The normalized spacial score (nSPS) is 29.9. The van der Waals surface area contributed by atoms with Crippen LogP contribution in [0.4, 0.5) is 4.39 Å². The third-order valence-corrected chi connectivity index (χ3v) is 3.87. The molecule has 2 N–H and O–H groups in total. The molecule has 1 nitrogen and oxygen atoms in total. The maximum atomic E-state index is 12.8. The highest BCUT2D eigenvalue weighted by atomic mass is 19.1. The topological polar surface area (TPSA) is 26.0 Å². The molecule has 16 heavy (non-hydrogen) atoms. The Kier molecular flexibility index (Phi) is 2.58. The van der Waals surface area contributed by atoms with Gasteiger partial charge in [0.2, 0.25) is 0 Å². The fourth-order valence-corrected chi connectivity index (χ4v) is 2.45. The summed E-state index contributed by atoms with van der Waals surface area (Å²) in [5, 5.41) is 0. The molecule has 2 rings (SSSR count). The number of rotatable bonds is 1. The lowest BCUT2D eigenvalue weighted by molar-refractivity contribution is 0.0489. The smallest absolute Gasteiger partial charge is 0.123 e. The Morgan fingerprint density at radius 3 is 2.12 bits per heavy atom. The number of hydrogen-bond donors (Lipinski definition) is 1. The van der Waals surface area contributed by atoms with E-state index >= 15 is 0 Å². The van der Waals surface area contributed by atoms with Crippen molar-refractivity contribution in [1.29, 1.82) is 0 Å². The van der Waals surface area contributed by atoms with Crippen LogP contribution >= 0.6 is 0 Å². The van der Waals surface area contributed by atoms with Gasteiger partial charge in [-0.3, -0.25) is 0 Å². The molecule has 1 aromatic rings. The van der Waals surface area contributed by atoms with Crippen molar-refractivity contribution in [3.8, 4) is 0 Å². The van der Waals surface area contributed by atoms with E-state index in [1.54, 1.807) is 0 Å². The van der Waals surface area contributed by atoms with Crippen molar-refractivity contribution < 1.29 is 4.39 Å². The van der Waals surface area contributed by atoms with E-state index in [0.29, 0.717) is 11.3 Å². The highest BCUT2D eigenvalue weighted by Gasteiger charge is 2.46. The molecule has 0 bridgehead atoms. The van der Waals surface area contributed by atoms with Crippen molar-refractivity contribution in [2.45, 2.75) is 39.2 Å². The van der Waals surface area contributed by atoms with Crippen LogP contribution in [0.1, 0.15) is 39.2 Å². The third-order valence-electron chi connectivity index (χ3n) is 3.87. The van der Waals surface area contributed by atoms with Crippen LogP contribution in [-0.2, 0) is 5.54 Å². The standard InChI is InChI=1S/C14H20FN/c1-13(2,3)11-8-14(16,9-11)10-4-6-12(15)7-5-10/h4-7,11H,8-9,16H2,1-3H3. The van der Waals surface area contributed by atoms with Crippen LogP contribution in [0.2, 0.25) is 0 Å². The first-order valence-electron chi connectivity index (χ1n) is 5.86. The lowest BCUT2D eigenvalue weighted by Gasteiger charge is -2.51. The minimum Gasteiger partial charge on any atom is -0.321 e. The molecule has 0 heterocycles. The van der Waals surface area contributed by atoms with Gasteiger partial charge in [-0.25, -0.2) is 4.39 Å². The Hall–Kier alpha value is -0.890. The monoisotopic (exact) mass is 221 g/mol. The first-order chi connectivity index (χ1) is 7.31. The summed E-state index contributed by atoms with van der Waals surface area (Å²) in [5.41, 5.74) is 7.49. The summed E-state index contributed by atoms with van der Waals surface area (Å²) in [5.74, 6) is 0.474. The predicted octanol–water partition coefficient (Wildman–Crippen LogP) is 3.44. The first-order valence-corrected chi connectivity index (χ1v) is 5.86. The van der Waals surface area contributed by atoms with Gasteiger partial charge in [0, 0.05) is 5.54 Å². The van der Waals surface area contributed by atoms with Gasteiger partial charge >= 0.3 is 0 Å². The second kappa shape index (κ2) is 3.56. The molecule has 0 amide bonds. The summed E-state index contributed by atoms with van der Waals surface area (Å²) in [4.78, 5) is 0. The maximum absolute atomic E-state index is 12.8. The molecule has 0 unspecified atom stereocenters. The molecule has 1 fully saturated rings. The Morgan fingerprint density at radius 1 is 1.19 bits per heavy atom. The first kappa shape index (κ1) is 11.6. The van der Waals surface area contributed by atoms with Gasteiger partial charge < -0.3 is 5.73 Å². The minimum atomic E-state index is -0.231. The van der Waals surface area contributed by atoms with E-state index in [9.17, 15) is 4.39 Å². The van der Waals surface area contributed by atoms with E-state index in [0.717, 1.165) is 18.4 Å². The zero-order valence-corrected chi connectivity index (χ0v) is 10.3. The lowest BCUT2D eigenvalue weighted by Crippen LogP contribution is -2.52. The van der Waals surface area contributed by atoms with Gasteiger partial charge in [0.05, 0.1) is 0 Å². The maximum Gasteiger partial charge on any atom is 0.123 e. The Balaban J connectivity index is 2.10. The molecule has 1 aromatic carbocycles. The van der Waals surface area contributed by atoms with Crippen LogP contribution in [0.25, 0.3) is 0 Å². The molecule has 0 aromatic heterocycles. The molecule has 0 aliphatic heterocycles. The molecule has 1 aliphatic rings. The molecule has 1 aliphatic carbocycles. The minimum absolute atomic E-state index is 0.195. The number of benzene rings is 1. The highest BCUT2D eigenvalue weighted by Crippen LogP contribution is 2.51. The van der Waals surface area contributed by atoms with Crippen molar-refractivity contribution in [3.63, 3.8) is 0 Å². The summed E-state index contributed by atoms with van der Waals surface area (Å²) in [6.07, 6.45) is 2.00. The van der Waals surface area contributed by atoms with Gasteiger partial charge in [-0.05, 0) is 41.9 Å². The van der Waals surface area contributed by atoms with Crippen LogP contribution in [0, 0.1) is 17.2 Å². The van der Waals surface area contributed by atoms with Crippen LogP contribution in [0.5, 0.6) is 0 Å². The van der Waals surface area contributed by atoms with Gasteiger partial charge in [0.15, 0.2) is 0 Å². The molecule has 0 saturated heterocycles. The van der Waals surface area contributed by atoms with Gasteiger partial charge in [-0.1, -0.05) is 32.9 Å². The summed E-state index contributed by atoms with van der Waals surface area (Å²) in [6, 6.07) is 6.62.